The largest absolute Gasteiger partial charge is 0.289 e. The summed E-state index contributed by atoms with van der Waals surface area (Å²) in [5, 5.41) is 6.32. The maximum Gasteiger partial charge on any atom is 0.185 e. The number of carbonyl (C=O) groups is 1. The number of carbonyl (C=O) groups excluding carboxylic acids is 1. The van der Waals surface area contributed by atoms with Crippen LogP contribution in [0.1, 0.15) is 15.9 Å². The van der Waals surface area contributed by atoms with E-state index in [4.69, 9.17) is 11.6 Å². The summed E-state index contributed by atoms with van der Waals surface area (Å²) in [6.45, 7) is 0. The van der Waals surface area contributed by atoms with Gasteiger partial charge in [-0.3, -0.25) is 4.79 Å². The molecule has 0 radical (unpaired) electrons. The average Bonchev–Trinajstić information content (AvgIpc) is 3.31. The zero-order valence-corrected chi connectivity index (χ0v) is 11.3. The zero-order valence-electron chi connectivity index (χ0n) is 10.5. The molecule has 0 spiro atoms. The van der Waals surface area contributed by atoms with Crippen molar-refractivity contribution in [3.8, 4) is 5.69 Å². The van der Waals surface area contributed by atoms with E-state index < -0.39 is 0 Å². The van der Waals surface area contributed by atoms with Crippen LogP contribution in [0.15, 0.2) is 54.6 Å². The number of halogens is 1. The molecule has 0 saturated carbocycles. The topological polar surface area (TPSA) is 53.6 Å². The monoisotopic (exact) mass is 285 g/mol. The zero-order chi connectivity index (χ0) is 13.9. The summed E-state index contributed by atoms with van der Waals surface area (Å²) in [4.78, 5) is 13.7. The van der Waals surface area contributed by atoms with E-state index in [1.807, 2.05) is 24.3 Å². The Labute approximate surface area is 120 Å². The first-order chi connectivity index (χ1) is 9.72. The van der Waals surface area contributed by atoms with Gasteiger partial charge in [0.05, 0.1) is 5.69 Å². The molecule has 100 valence electrons. The summed E-state index contributed by atoms with van der Waals surface area (Å²) in [6.07, 6.45) is 3.36. The molecule has 2 aromatic carbocycles. The van der Waals surface area contributed by atoms with Gasteiger partial charge in [0.2, 0.25) is 0 Å². The van der Waals surface area contributed by atoms with Crippen molar-refractivity contribution >= 4 is 23.5 Å². The summed E-state index contributed by atoms with van der Waals surface area (Å²) >= 11 is 5.79. The molecule has 1 aromatic heterocycles. The highest BCUT2D eigenvalue weighted by atomic mass is 35.5. The van der Waals surface area contributed by atoms with Crippen LogP contribution < -0.4 is 0 Å². The SMILES string of the molecule is O=C(/C=C/c1ccc(-n2[nH][nH]2)cc1)c1ccc(Cl)cc1. The number of ketones is 1. The van der Waals surface area contributed by atoms with Crippen LogP contribution >= 0.6 is 11.6 Å². The molecule has 2 N–H and O–H groups in total. The standard InChI is InChI=1S/C15H12ClN3O/c16-13-6-4-12(5-7-13)15(20)10-3-11-1-8-14(9-2-11)19-17-18-19/h1-10,17-18H/b10-3+. The van der Waals surface area contributed by atoms with E-state index in [9.17, 15) is 4.79 Å². The molecule has 0 amide bonds. The van der Waals surface area contributed by atoms with Gasteiger partial charge in [-0.25, -0.2) is 10.4 Å². The lowest BCUT2D eigenvalue weighted by atomic mass is 10.1. The summed E-state index contributed by atoms with van der Waals surface area (Å²) in [6, 6.07) is 14.7. The van der Waals surface area contributed by atoms with Crippen molar-refractivity contribution in [2.75, 3.05) is 0 Å². The molecule has 5 heteroatoms. The Morgan fingerprint density at radius 3 is 2.25 bits per heavy atom. The molecule has 3 rings (SSSR count). The Balaban J connectivity index is 1.71. The molecule has 0 aliphatic rings. The molecule has 0 unspecified atom stereocenters. The fourth-order valence-electron chi connectivity index (χ4n) is 1.77. The van der Waals surface area contributed by atoms with Gasteiger partial charge in [0, 0.05) is 10.6 Å². The second-order valence-electron chi connectivity index (χ2n) is 4.36. The summed E-state index contributed by atoms with van der Waals surface area (Å²) in [5.41, 5.74) is 2.61. The van der Waals surface area contributed by atoms with E-state index in [1.54, 1.807) is 41.2 Å². The Morgan fingerprint density at radius 2 is 1.65 bits per heavy atom. The molecule has 0 atom stereocenters. The number of nitrogens with one attached hydrogen (secondary N) is 2. The number of allylic oxidation sites excluding steroid dienone is 1. The van der Waals surface area contributed by atoms with Gasteiger partial charge < -0.3 is 0 Å². The fourth-order valence-corrected chi connectivity index (χ4v) is 1.90. The minimum atomic E-state index is -0.0416. The lowest BCUT2D eigenvalue weighted by Gasteiger charge is -1.97. The van der Waals surface area contributed by atoms with Gasteiger partial charge in [-0.1, -0.05) is 29.8 Å². The van der Waals surface area contributed by atoms with E-state index in [0.717, 1.165) is 11.3 Å². The Kier molecular flexibility index (Phi) is 3.31. The van der Waals surface area contributed by atoms with Gasteiger partial charge in [0.25, 0.3) is 0 Å². The highest BCUT2D eigenvalue weighted by Gasteiger charge is 2.01. The number of benzene rings is 2. The van der Waals surface area contributed by atoms with Crippen molar-refractivity contribution in [3.05, 3.63) is 70.8 Å². The minimum Gasteiger partial charge on any atom is -0.289 e. The number of hydrogen-bond donors (Lipinski definition) is 2. The Bertz CT molecular complexity index is 721. The van der Waals surface area contributed by atoms with Crippen LogP contribution in [0.3, 0.4) is 0 Å². The Hall–Kier alpha value is -2.46. The third kappa shape index (κ3) is 2.92. The first kappa shape index (κ1) is 12.6. The van der Waals surface area contributed by atoms with Crippen LogP contribution in [-0.2, 0) is 0 Å². The van der Waals surface area contributed by atoms with Crippen molar-refractivity contribution in [1.82, 2.24) is 15.2 Å². The number of aromatic amines is 2. The third-order valence-corrected chi connectivity index (χ3v) is 3.18. The smallest absolute Gasteiger partial charge is 0.185 e. The van der Waals surface area contributed by atoms with Gasteiger partial charge in [0.15, 0.2) is 5.78 Å². The van der Waals surface area contributed by atoms with Crippen LogP contribution in [0.25, 0.3) is 11.8 Å². The molecule has 0 saturated heterocycles. The second kappa shape index (κ2) is 5.27. The molecule has 0 aliphatic heterocycles. The van der Waals surface area contributed by atoms with Gasteiger partial charge in [-0.15, -0.1) is 0 Å². The van der Waals surface area contributed by atoms with Crippen LogP contribution in [0, 0.1) is 0 Å². The number of nitrogens with zero attached hydrogens (tertiary/aromatic N) is 1. The van der Waals surface area contributed by atoms with Gasteiger partial charge in [-0.2, -0.15) is 4.80 Å². The predicted octanol–water partition coefficient (Wildman–Crippen LogP) is 3.68. The van der Waals surface area contributed by atoms with E-state index in [-0.39, 0.29) is 5.78 Å². The normalized spacial score (nSPS) is 11.2. The maximum atomic E-state index is 12.0. The quantitative estimate of drug-likeness (QED) is 0.557. The fraction of sp³-hybridized carbons (Fsp3) is 0. The van der Waals surface area contributed by atoms with Crippen LogP contribution in [0.2, 0.25) is 5.02 Å². The molecule has 1 heterocycles. The number of aromatic nitrogens is 3. The van der Waals surface area contributed by atoms with Crippen LogP contribution in [-0.4, -0.2) is 21.0 Å². The average molecular weight is 286 g/mol. The van der Waals surface area contributed by atoms with Crippen molar-refractivity contribution in [2.24, 2.45) is 0 Å². The predicted molar refractivity (Wildman–Crippen MR) is 79.3 cm³/mol. The molecule has 20 heavy (non-hydrogen) atoms. The lowest BCUT2D eigenvalue weighted by Crippen LogP contribution is -1.93. The van der Waals surface area contributed by atoms with E-state index in [1.165, 1.54) is 0 Å². The second-order valence-corrected chi connectivity index (χ2v) is 4.79. The van der Waals surface area contributed by atoms with Gasteiger partial charge in [-0.05, 0) is 48.0 Å². The van der Waals surface area contributed by atoms with E-state index >= 15 is 0 Å². The van der Waals surface area contributed by atoms with Crippen molar-refractivity contribution in [1.29, 1.82) is 0 Å². The molecule has 0 bridgehead atoms. The molecule has 0 fully saturated rings. The van der Waals surface area contributed by atoms with Crippen LogP contribution in [0.5, 0.6) is 0 Å². The third-order valence-electron chi connectivity index (χ3n) is 2.93. The van der Waals surface area contributed by atoms with Gasteiger partial charge in [0.1, 0.15) is 0 Å². The summed E-state index contributed by atoms with van der Waals surface area (Å²) in [7, 11) is 0. The van der Waals surface area contributed by atoms with Crippen molar-refractivity contribution < 1.29 is 4.79 Å². The molecular weight excluding hydrogens is 274 g/mol. The number of rotatable bonds is 4. The highest BCUT2D eigenvalue weighted by molar-refractivity contribution is 6.30. The summed E-state index contributed by atoms with van der Waals surface area (Å²) < 4.78 is 0. The van der Waals surface area contributed by atoms with Gasteiger partial charge >= 0.3 is 0 Å². The van der Waals surface area contributed by atoms with Crippen LogP contribution in [0.4, 0.5) is 0 Å². The minimum absolute atomic E-state index is 0.0416. The lowest BCUT2D eigenvalue weighted by molar-refractivity contribution is 0.104. The maximum absolute atomic E-state index is 12.0. The van der Waals surface area contributed by atoms with Crippen molar-refractivity contribution in [3.63, 3.8) is 0 Å². The number of H-pyrrole nitrogens is 2. The molecule has 3 aromatic rings. The summed E-state index contributed by atoms with van der Waals surface area (Å²) in [5.74, 6) is -0.0416. The van der Waals surface area contributed by atoms with E-state index in [0.29, 0.717) is 10.6 Å². The van der Waals surface area contributed by atoms with Crippen molar-refractivity contribution in [2.45, 2.75) is 0 Å². The first-order valence-electron chi connectivity index (χ1n) is 6.12. The molecule has 4 nitrogen and oxygen atoms in total. The Morgan fingerprint density at radius 1 is 1.00 bits per heavy atom. The molecular formula is C15H12ClN3O. The van der Waals surface area contributed by atoms with E-state index in [2.05, 4.69) is 10.4 Å². The number of hydrogen-bond acceptors (Lipinski definition) is 1. The first-order valence-corrected chi connectivity index (χ1v) is 6.50. The molecule has 0 aliphatic carbocycles. The highest BCUT2D eigenvalue weighted by Crippen LogP contribution is 2.12.